The maximum atomic E-state index is 12.8. The molecule has 0 aliphatic heterocycles. The summed E-state index contributed by atoms with van der Waals surface area (Å²) in [5.41, 5.74) is 4.94. The van der Waals surface area contributed by atoms with Crippen molar-refractivity contribution in [2.45, 2.75) is 39.7 Å². The number of nitrogens with zero attached hydrogens (tertiary/aromatic N) is 1. The number of benzene rings is 3. The highest BCUT2D eigenvalue weighted by Crippen LogP contribution is 2.33. The summed E-state index contributed by atoms with van der Waals surface area (Å²) >= 11 is 1.55. The average Bonchev–Trinajstić information content (AvgIpc) is 3.22. The van der Waals surface area contributed by atoms with Gasteiger partial charge in [-0.15, -0.1) is 11.3 Å². The van der Waals surface area contributed by atoms with Crippen LogP contribution in [0.2, 0.25) is 0 Å². The van der Waals surface area contributed by atoms with E-state index in [1.807, 2.05) is 44.2 Å². The molecule has 1 amide bonds. The van der Waals surface area contributed by atoms with Crippen LogP contribution in [-0.2, 0) is 6.42 Å². The second-order valence-electron chi connectivity index (χ2n) is 8.13. The van der Waals surface area contributed by atoms with Crippen LogP contribution in [-0.4, -0.2) is 17.0 Å². The molecule has 0 aliphatic carbocycles. The lowest BCUT2D eigenvalue weighted by Gasteiger charge is -2.09. The molecule has 0 radical (unpaired) electrons. The summed E-state index contributed by atoms with van der Waals surface area (Å²) in [6.45, 7) is 6.11. The van der Waals surface area contributed by atoms with E-state index in [0.717, 1.165) is 29.8 Å². The number of rotatable bonds is 8. The maximum absolute atomic E-state index is 12.8. The molecular formula is C28H28N2O2S. The number of amides is 1. The number of anilines is 1. The first-order valence-electron chi connectivity index (χ1n) is 11.3. The van der Waals surface area contributed by atoms with Gasteiger partial charge in [-0.25, -0.2) is 4.98 Å². The fraction of sp³-hybridized carbons (Fsp3) is 0.214. The highest BCUT2D eigenvalue weighted by Gasteiger charge is 2.16. The van der Waals surface area contributed by atoms with Crippen molar-refractivity contribution in [3.05, 3.63) is 89.3 Å². The number of aryl methyl sites for hydroxylation is 1. The smallest absolute Gasteiger partial charge is 0.257 e. The molecule has 33 heavy (non-hydrogen) atoms. The summed E-state index contributed by atoms with van der Waals surface area (Å²) in [6, 6.07) is 26.0. The van der Waals surface area contributed by atoms with E-state index < -0.39 is 0 Å². The van der Waals surface area contributed by atoms with Crippen LogP contribution < -0.4 is 10.1 Å². The van der Waals surface area contributed by atoms with Crippen molar-refractivity contribution >= 4 is 22.4 Å². The Labute approximate surface area is 199 Å². The third-order valence-corrected chi connectivity index (χ3v) is 6.18. The first-order valence-corrected chi connectivity index (χ1v) is 12.1. The topological polar surface area (TPSA) is 51.2 Å². The third kappa shape index (κ3) is 5.68. The highest BCUT2D eigenvalue weighted by atomic mass is 32.1. The Morgan fingerprint density at radius 2 is 1.55 bits per heavy atom. The van der Waals surface area contributed by atoms with Gasteiger partial charge in [0.05, 0.1) is 11.8 Å². The van der Waals surface area contributed by atoms with Gasteiger partial charge in [0.15, 0.2) is 5.13 Å². The number of hydrogen-bond acceptors (Lipinski definition) is 4. The molecule has 0 atom stereocenters. The van der Waals surface area contributed by atoms with Gasteiger partial charge in [-0.2, -0.15) is 0 Å². The molecule has 0 spiro atoms. The minimum atomic E-state index is -0.172. The Morgan fingerprint density at radius 1 is 0.909 bits per heavy atom. The van der Waals surface area contributed by atoms with Gasteiger partial charge in [0, 0.05) is 16.0 Å². The summed E-state index contributed by atoms with van der Waals surface area (Å²) in [5, 5.41) is 3.59. The quantitative estimate of drug-likeness (QED) is 0.299. The Kier molecular flexibility index (Phi) is 7.20. The lowest BCUT2D eigenvalue weighted by molar-refractivity contribution is 0.102. The van der Waals surface area contributed by atoms with Crippen LogP contribution in [0, 0.1) is 0 Å². The van der Waals surface area contributed by atoms with Crippen LogP contribution in [0.1, 0.15) is 42.4 Å². The molecule has 4 nitrogen and oxygen atoms in total. The molecule has 0 unspecified atom stereocenters. The zero-order chi connectivity index (χ0) is 23.2. The lowest BCUT2D eigenvalue weighted by atomic mass is 10.0. The summed E-state index contributed by atoms with van der Waals surface area (Å²) in [6.07, 6.45) is 2.03. The molecule has 3 aromatic carbocycles. The van der Waals surface area contributed by atoms with Gasteiger partial charge in [-0.05, 0) is 55.7 Å². The van der Waals surface area contributed by atoms with E-state index in [4.69, 9.17) is 9.72 Å². The number of aromatic nitrogens is 1. The SMILES string of the molecule is CCCc1sc(NC(=O)c2ccc(OC(C)C)cc2)nc1-c1ccc(-c2ccccc2)cc1. The van der Waals surface area contributed by atoms with Crippen molar-refractivity contribution < 1.29 is 9.53 Å². The van der Waals surface area contributed by atoms with Crippen molar-refractivity contribution in [2.75, 3.05) is 5.32 Å². The van der Waals surface area contributed by atoms with Crippen molar-refractivity contribution in [1.29, 1.82) is 0 Å². The molecule has 5 heteroatoms. The van der Waals surface area contributed by atoms with Crippen molar-refractivity contribution in [3.63, 3.8) is 0 Å². The Hall–Kier alpha value is -3.44. The standard InChI is InChI=1S/C28H28N2O2S/c1-4-8-25-26(22-13-11-21(12-14-22)20-9-6-5-7-10-20)29-28(33-25)30-27(31)23-15-17-24(18-16-23)32-19(2)3/h5-7,9-19H,4,8H2,1-3H3,(H,29,30,31). The van der Waals surface area contributed by atoms with E-state index in [2.05, 4.69) is 48.6 Å². The fourth-order valence-electron chi connectivity index (χ4n) is 3.60. The first-order chi connectivity index (χ1) is 16.0. The zero-order valence-corrected chi connectivity index (χ0v) is 20.0. The van der Waals surface area contributed by atoms with E-state index in [-0.39, 0.29) is 12.0 Å². The highest BCUT2D eigenvalue weighted by molar-refractivity contribution is 7.16. The molecule has 1 heterocycles. The summed E-state index contributed by atoms with van der Waals surface area (Å²) < 4.78 is 5.66. The van der Waals surface area contributed by atoms with Crippen LogP contribution in [0.5, 0.6) is 5.75 Å². The van der Waals surface area contributed by atoms with Gasteiger partial charge in [-0.3, -0.25) is 10.1 Å². The largest absolute Gasteiger partial charge is 0.491 e. The number of hydrogen-bond donors (Lipinski definition) is 1. The summed E-state index contributed by atoms with van der Waals surface area (Å²) in [7, 11) is 0. The molecule has 0 saturated carbocycles. The number of nitrogens with one attached hydrogen (secondary N) is 1. The Balaban J connectivity index is 1.53. The van der Waals surface area contributed by atoms with Gasteiger partial charge in [0.2, 0.25) is 0 Å². The van der Waals surface area contributed by atoms with Crippen LogP contribution in [0.25, 0.3) is 22.4 Å². The second-order valence-corrected chi connectivity index (χ2v) is 9.21. The van der Waals surface area contributed by atoms with Crippen LogP contribution in [0.3, 0.4) is 0 Å². The summed E-state index contributed by atoms with van der Waals surface area (Å²) in [4.78, 5) is 18.7. The van der Waals surface area contributed by atoms with Crippen molar-refractivity contribution in [3.8, 4) is 28.1 Å². The minimum Gasteiger partial charge on any atom is -0.491 e. The Bertz CT molecular complexity index is 1200. The van der Waals surface area contributed by atoms with Gasteiger partial charge in [0.25, 0.3) is 5.91 Å². The molecule has 0 fully saturated rings. The monoisotopic (exact) mass is 456 g/mol. The number of carbonyl (C=O) groups excluding carboxylic acids is 1. The van der Waals surface area contributed by atoms with E-state index in [9.17, 15) is 4.79 Å². The maximum Gasteiger partial charge on any atom is 0.257 e. The fourth-order valence-corrected chi connectivity index (χ4v) is 4.69. The second kappa shape index (κ2) is 10.5. The predicted octanol–water partition coefficient (Wildman–Crippen LogP) is 7.47. The van der Waals surface area contributed by atoms with E-state index in [0.29, 0.717) is 10.7 Å². The third-order valence-electron chi connectivity index (χ3n) is 5.15. The molecule has 168 valence electrons. The molecule has 1 aromatic heterocycles. The zero-order valence-electron chi connectivity index (χ0n) is 19.2. The predicted molar refractivity (Wildman–Crippen MR) is 137 cm³/mol. The number of thiazole rings is 1. The lowest BCUT2D eigenvalue weighted by Crippen LogP contribution is -2.12. The Morgan fingerprint density at radius 3 is 2.18 bits per heavy atom. The van der Waals surface area contributed by atoms with Crippen molar-refractivity contribution in [2.24, 2.45) is 0 Å². The molecule has 0 saturated heterocycles. The van der Waals surface area contributed by atoms with Crippen LogP contribution in [0.15, 0.2) is 78.9 Å². The molecular weight excluding hydrogens is 428 g/mol. The number of carbonyl (C=O) groups is 1. The normalized spacial score (nSPS) is 10.9. The van der Waals surface area contributed by atoms with Gasteiger partial charge in [-0.1, -0.05) is 67.9 Å². The molecule has 0 aliphatic rings. The van der Waals surface area contributed by atoms with Crippen LogP contribution >= 0.6 is 11.3 Å². The number of ether oxygens (including phenoxy) is 1. The van der Waals surface area contributed by atoms with Gasteiger partial charge < -0.3 is 4.74 Å². The van der Waals surface area contributed by atoms with E-state index in [1.54, 1.807) is 23.5 Å². The van der Waals surface area contributed by atoms with E-state index >= 15 is 0 Å². The summed E-state index contributed by atoms with van der Waals surface area (Å²) in [5.74, 6) is 0.580. The van der Waals surface area contributed by atoms with Crippen LogP contribution in [0.4, 0.5) is 5.13 Å². The molecule has 4 aromatic rings. The minimum absolute atomic E-state index is 0.0946. The van der Waals surface area contributed by atoms with E-state index in [1.165, 1.54) is 16.0 Å². The van der Waals surface area contributed by atoms with Gasteiger partial charge >= 0.3 is 0 Å². The molecule has 1 N–H and O–H groups in total. The molecule has 0 bridgehead atoms. The first kappa shape index (κ1) is 22.7. The van der Waals surface area contributed by atoms with Crippen molar-refractivity contribution in [1.82, 2.24) is 4.98 Å². The average molecular weight is 457 g/mol. The molecule has 4 rings (SSSR count). The van der Waals surface area contributed by atoms with Gasteiger partial charge in [0.1, 0.15) is 5.75 Å².